The second-order valence-corrected chi connectivity index (χ2v) is 3.59. The molecule has 0 radical (unpaired) electrons. The van der Waals surface area contributed by atoms with Crippen LogP contribution in [0.15, 0.2) is 35.5 Å². The molecular formula is C12H12N2O. The van der Waals surface area contributed by atoms with E-state index in [1.807, 2.05) is 25.3 Å². The van der Waals surface area contributed by atoms with Crippen molar-refractivity contribution in [2.24, 2.45) is 0 Å². The summed E-state index contributed by atoms with van der Waals surface area (Å²) in [5.74, 6) is 0. The van der Waals surface area contributed by atoms with Gasteiger partial charge in [0.1, 0.15) is 0 Å². The molecule has 0 aliphatic heterocycles. The molecule has 0 saturated heterocycles. The van der Waals surface area contributed by atoms with Crippen molar-refractivity contribution in [2.45, 2.75) is 13.8 Å². The minimum absolute atomic E-state index is 0.0414. The maximum atomic E-state index is 11.2. The molecule has 2 heterocycles. The lowest BCUT2D eigenvalue weighted by molar-refractivity contribution is 1.18. The molecule has 2 aromatic rings. The first-order chi connectivity index (χ1) is 7.18. The fraction of sp³-hybridized carbons (Fsp3) is 0.167. The topological polar surface area (TPSA) is 45.8 Å². The third-order valence-corrected chi connectivity index (χ3v) is 2.44. The minimum Gasteiger partial charge on any atom is -0.328 e. The van der Waals surface area contributed by atoms with E-state index >= 15 is 0 Å². The zero-order chi connectivity index (χ0) is 10.8. The Labute approximate surface area is 87.8 Å². The van der Waals surface area contributed by atoms with Gasteiger partial charge in [-0.2, -0.15) is 0 Å². The van der Waals surface area contributed by atoms with Crippen LogP contribution in [0.25, 0.3) is 11.1 Å². The maximum Gasteiger partial charge on any atom is 0.250 e. The van der Waals surface area contributed by atoms with Gasteiger partial charge in [0.05, 0.1) is 0 Å². The Kier molecular flexibility index (Phi) is 2.37. The summed E-state index contributed by atoms with van der Waals surface area (Å²) < 4.78 is 0. The van der Waals surface area contributed by atoms with Crippen molar-refractivity contribution < 1.29 is 0 Å². The van der Waals surface area contributed by atoms with Gasteiger partial charge in [-0.3, -0.25) is 9.78 Å². The van der Waals surface area contributed by atoms with Crippen molar-refractivity contribution in [3.63, 3.8) is 0 Å². The van der Waals surface area contributed by atoms with Crippen molar-refractivity contribution in [1.29, 1.82) is 0 Å². The van der Waals surface area contributed by atoms with E-state index in [-0.39, 0.29) is 5.56 Å². The van der Waals surface area contributed by atoms with Crippen LogP contribution in [0.1, 0.15) is 11.1 Å². The van der Waals surface area contributed by atoms with E-state index in [0.29, 0.717) is 0 Å². The molecule has 0 spiro atoms. The van der Waals surface area contributed by atoms with Gasteiger partial charge in [0, 0.05) is 35.3 Å². The van der Waals surface area contributed by atoms with Crippen LogP contribution in [0, 0.1) is 13.8 Å². The highest BCUT2D eigenvalue weighted by Crippen LogP contribution is 2.20. The van der Waals surface area contributed by atoms with Gasteiger partial charge >= 0.3 is 0 Å². The first-order valence-corrected chi connectivity index (χ1v) is 4.79. The van der Waals surface area contributed by atoms with Gasteiger partial charge in [-0.1, -0.05) is 0 Å². The first-order valence-electron chi connectivity index (χ1n) is 4.79. The van der Waals surface area contributed by atoms with Gasteiger partial charge in [-0.05, 0) is 31.5 Å². The Hall–Kier alpha value is -1.90. The van der Waals surface area contributed by atoms with E-state index in [2.05, 4.69) is 9.97 Å². The molecular weight excluding hydrogens is 188 g/mol. The molecule has 15 heavy (non-hydrogen) atoms. The molecule has 0 bridgehead atoms. The fourth-order valence-electron chi connectivity index (χ4n) is 1.52. The predicted octanol–water partition coefficient (Wildman–Crippen LogP) is 2.05. The molecule has 1 N–H and O–H groups in total. The van der Waals surface area contributed by atoms with Gasteiger partial charge in [-0.25, -0.2) is 0 Å². The number of nitrogens with one attached hydrogen (secondary N) is 1. The number of H-pyrrole nitrogens is 1. The monoisotopic (exact) mass is 200 g/mol. The summed E-state index contributed by atoms with van der Waals surface area (Å²) in [6, 6.07) is 3.83. The molecule has 0 aromatic carbocycles. The zero-order valence-corrected chi connectivity index (χ0v) is 8.74. The molecule has 0 amide bonds. The molecule has 3 heteroatoms. The molecule has 76 valence electrons. The standard InChI is InChI=1S/C12H12N2O/c1-8-3-4-13-7-11(8)10-5-9(2)12(15)14-6-10/h3-7H,1-2H3,(H,14,15). The summed E-state index contributed by atoms with van der Waals surface area (Å²) in [5.41, 5.74) is 3.88. The molecule has 0 aliphatic carbocycles. The molecule has 2 aromatic heterocycles. The normalized spacial score (nSPS) is 10.3. The summed E-state index contributed by atoms with van der Waals surface area (Å²) in [6.45, 7) is 3.82. The van der Waals surface area contributed by atoms with Gasteiger partial charge < -0.3 is 4.98 Å². The smallest absolute Gasteiger partial charge is 0.250 e. The fourth-order valence-corrected chi connectivity index (χ4v) is 1.52. The van der Waals surface area contributed by atoms with Gasteiger partial charge in [-0.15, -0.1) is 0 Å². The highest BCUT2D eigenvalue weighted by atomic mass is 16.1. The first kappa shape index (κ1) is 9.65. The number of aromatic nitrogens is 2. The second kappa shape index (κ2) is 3.69. The van der Waals surface area contributed by atoms with Crippen LogP contribution < -0.4 is 5.56 Å². The van der Waals surface area contributed by atoms with Crippen molar-refractivity contribution >= 4 is 0 Å². The molecule has 3 nitrogen and oxygen atoms in total. The van der Waals surface area contributed by atoms with Crippen molar-refractivity contribution in [3.05, 3.63) is 52.2 Å². The summed E-state index contributed by atoms with van der Waals surface area (Å²) in [4.78, 5) is 18.0. The Morgan fingerprint density at radius 2 is 2.07 bits per heavy atom. The molecule has 0 fully saturated rings. The van der Waals surface area contributed by atoms with Crippen molar-refractivity contribution in [1.82, 2.24) is 9.97 Å². The number of rotatable bonds is 1. The average molecular weight is 200 g/mol. The molecule has 0 unspecified atom stereocenters. The highest BCUT2D eigenvalue weighted by molar-refractivity contribution is 5.65. The van der Waals surface area contributed by atoms with Crippen LogP contribution >= 0.6 is 0 Å². The number of nitrogens with zero attached hydrogens (tertiary/aromatic N) is 1. The number of aryl methyl sites for hydroxylation is 2. The number of pyridine rings is 2. The van der Waals surface area contributed by atoms with Crippen LogP contribution in [-0.4, -0.2) is 9.97 Å². The van der Waals surface area contributed by atoms with Crippen molar-refractivity contribution in [3.8, 4) is 11.1 Å². The minimum atomic E-state index is -0.0414. The Bertz CT molecular complexity index is 543. The van der Waals surface area contributed by atoms with Crippen LogP contribution in [0.5, 0.6) is 0 Å². The maximum absolute atomic E-state index is 11.2. The van der Waals surface area contributed by atoms with E-state index < -0.39 is 0 Å². The highest BCUT2D eigenvalue weighted by Gasteiger charge is 2.02. The molecule has 0 atom stereocenters. The number of hydrogen-bond acceptors (Lipinski definition) is 2. The number of hydrogen-bond donors (Lipinski definition) is 1. The van der Waals surface area contributed by atoms with Crippen LogP contribution in [0.3, 0.4) is 0 Å². The summed E-state index contributed by atoms with van der Waals surface area (Å²) >= 11 is 0. The summed E-state index contributed by atoms with van der Waals surface area (Å²) in [7, 11) is 0. The third-order valence-electron chi connectivity index (χ3n) is 2.44. The predicted molar refractivity (Wildman–Crippen MR) is 59.8 cm³/mol. The summed E-state index contributed by atoms with van der Waals surface area (Å²) in [5, 5.41) is 0. The van der Waals surface area contributed by atoms with E-state index in [1.165, 1.54) is 0 Å². The lowest BCUT2D eigenvalue weighted by atomic mass is 10.0. The van der Waals surface area contributed by atoms with E-state index in [1.54, 1.807) is 19.3 Å². The van der Waals surface area contributed by atoms with Crippen LogP contribution in [0.2, 0.25) is 0 Å². The van der Waals surface area contributed by atoms with E-state index in [4.69, 9.17) is 0 Å². The van der Waals surface area contributed by atoms with E-state index in [9.17, 15) is 4.79 Å². The molecule has 2 rings (SSSR count). The van der Waals surface area contributed by atoms with Crippen molar-refractivity contribution in [2.75, 3.05) is 0 Å². The van der Waals surface area contributed by atoms with Crippen LogP contribution in [0.4, 0.5) is 0 Å². The van der Waals surface area contributed by atoms with E-state index in [0.717, 1.165) is 22.3 Å². The molecule has 0 aliphatic rings. The lowest BCUT2D eigenvalue weighted by Crippen LogP contribution is -2.08. The third kappa shape index (κ3) is 1.81. The lowest BCUT2D eigenvalue weighted by Gasteiger charge is -2.04. The SMILES string of the molecule is Cc1ccncc1-c1c[nH]c(=O)c(C)c1. The molecule has 0 saturated carbocycles. The van der Waals surface area contributed by atoms with Gasteiger partial charge in [0.25, 0.3) is 5.56 Å². The second-order valence-electron chi connectivity index (χ2n) is 3.59. The summed E-state index contributed by atoms with van der Waals surface area (Å²) in [6.07, 6.45) is 5.29. The Morgan fingerprint density at radius 3 is 2.73 bits per heavy atom. The zero-order valence-electron chi connectivity index (χ0n) is 8.74. The Morgan fingerprint density at radius 1 is 1.27 bits per heavy atom. The quantitative estimate of drug-likeness (QED) is 0.765. The average Bonchev–Trinajstić information content (AvgIpc) is 2.23. The Balaban J connectivity index is 2.60. The van der Waals surface area contributed by atoms with Crippen LogP contribution in [-0.2, 0) is 0 Å². The number of aromatic amines is 1. The van der Waals surface area contributed by atoms with Gasteiger partial charge in [0.15, 0.2) is 0 Å². The van der Waals surface area contributed by atoms with Gasteiger partial charge in [0.2, 0.25) is 0 Å². The largest absolute Gasteiger partial charge is 0.328 e.